The van der Waals surface area contributed by atoms with E-state index >= 15 is 0 Å². The van der Waals surface area contributed by atoms with E-state index in [1.165, 1.54) is 24.0 Å². The Morgan fingerprint density at radius 2 is 2.18 bits per heavy atom. The molecule has 0 spiro atoms. The molecule has 0 radical (unpaired) electrons. The van der Waals surface area contributed by atoms with Gasteiger partial charge in [-0.25, -0.2) is 0 Å². The quantitative estimate of drug-likeness (QED) is 0.755. The number of hydrogen-bond acceptors (Lipinski definition) is 3. The van der Waals surface area contributed by atoms with E-state index in [-0.39, 0.29) is 6.10 Å². The second-order valence-corrected chi connectivity index (χ2v) is 4.79. The summed E-state index contributed by atoms with van der Waals surface area (Å²) in [6, 6.07) is 8.34. The molecule has 0 aliphatic heterocycles. The van der Waals surface area contributed by atoms with Crippen LogP contribution in [0.3, 0.4) is 0 Å². The Balaban J connectivity index is 1.75. The second kappa shape index (κ2) is 6.15. The molecule has 2 rings (SSSR count). The molecule has 1 fully saturated rings. The molecule has 1 unspecified atom stereocenters. The number of hydrogen-bond donors (Lipinski definition) is 2. The molecule has 17 heavy (non-hydrogen) atoms. The van der Waals surface area contributed by atoms with Gasteiger partial charge in [0, 0.05) is 20.2 Å². The smallest absolute Gasteiger partial charge is 0.0713 e. The minimum atomic E-state index is -0.169. The summed E-state index contributed by atoms with van der Waals surface area (Å²) in [7, 11) is 1.71. The van der Waals surface area contributed by atoms with Crippen LogP contribution in [-0.2, 0) is 17.9 Å². The maximum absolute atomic E-state index is 9.72. The topological polar surface area (TPSA) is 41.5 Å². The molecule has 0 amide bonds. The lowest BCUT2D eigenvalue weighted by molar-refractivity contribution is 0.148. The molecule has 3 nitrogen and oxygen atoms in total. The Bertz CT molecular complexity index is 350. The normalized spacial score (nSPS) is 17.1. The van der Waals surface area contributed by atoms with Crippen LogP contribution >= 0.6 is 0 Å². The van der Waals surface area contributed by atoms with Gasteiger partial charge in [0.05, 0.1) is 12.7 Å². The first kappa shape index (κ1) is 12.6. The van der Waals surface area contributed by atoms with Gasteiger partial charge in [0.1, 0.15) is 0 Å². The first-order chi connectivity index (χ1) is 8.29. The first-order valence-corrected chi connectivity index (χ1v) is 6.25. The summed E-state index contributed by atoms with van der Waals surface area (Å²) in [4.78, 5) is 0. The largest absolute Gasteiger partial charge is 0.392 e. The zero-order chi connectivity index (χ0) is 12.1. The lowest BCUT2D eigenvalue weighted by atomic mass is 10.1. The van der Waals surface area contributed by atoms with Crippen molar-refractivity contribution in [2.75, 3.05) is 13.7 Å². The summed E-state index contributed by atoms with van der Waals surface area (Å²) in [6.45, 7) is 2.15. The monoisotopic (exact) mass is 235 g/mol. The molecule has 0 saturated heterocycles. The molecule has 0 heterocycles. The Morgan fingerprint density at radius 3 is 2.88 bits per heavy atom. The van der Waals surface area contributed by atoms with Crippen molar-refractivity contribution in [3.63, 3.8) is 0 Å². The summed E-state index contributed by atoms with van der Waals surface area (Å²) >= 11 is 0. The minimum absolute atomic E-state index is 0.169. The van der Waals surface area contributed by atoms with Gasteiger partial charge >= 0.3 is 0 Å². The summed E-state index contributed by atoms with van der Waals surface area (Å²) in [5.41, 5.74) is 2.43. The zero-order valence-corrected chi connectivity index (χ0v) is 10.4. The van der Waals surface area contributed by atoms with Crippen molar-refractivity contribution in [1.29, 1.82) is 0 Å². The molecule has 1 aromatic rings. The average molecular weight is 235 g/mol. The van der Waals surface area contributed by atoms with Crippen LogP contribution in [0.25, 0.3) is 0 Å². The maximum Gasteiger partial charge on any atom is 0.0713 e. The summed E-state index contributed by atoms with van der Waals surface area (Å²) in [5, 5.41) is 13.0. The highest BCUT2D eigenvalue weighted by Crippen LogP contribution is 2.32. The zero-order valence-electron chi connectivity index (χ0n) is 10.4. The van der Waals surface area contributed by atoms with Gasteiger partial charge in [-0.15, -0.1) is 0 Å². The van der Waals surface area contributed by atoms with Gasteiger partial charge in [-0.2, -0.15) is 0 Å². The number of nitrogens with one attached hydrogen (secondary N) is 1. The first-order valence-electron chi connectivity index (χ1n) is 6.25. The van der Waals surface area contributed by atoms with Crippen LogP contribution in [-0.4, -0.2) is 24.9 Å². The van der Waals surface area contributed by atoms with Gasteiger partial charge in [0.15, 0.2) is 0 Å². The Labute approximate surface area is 103 Å². The fourth-order valence-corrected chi connectivity index (χ4v) is 2.01. The molecule has 2 N–H and O–H groups in total. The number of aliphatic hydroxyl groups is 1. The number of rotatable bonds is 7. The summed E-state index contributed by atoms with van der Waals surface area (Å²) < 4.78 is 5.10. The summed E-state index contributed by atoms with van der Waals surface area (Å²) in [5.74, 6) is 0.544. The highest BCUT2D eigenvalue weighted by atomic mass is 16.5. The number of benzene rings is 1. The van der Waals surface area contributed by atoms with Gasteiger partial charge < -0.3 is 15.2 Å². The van der Waals surface area contributed by atoms with Crippen molar-refractivity contribution in [1.82, 2.24) is 5.32 Å². The van der Waals surface area contributed by atoms with Gasteiger partial charge in [0.2, 0.25) is 0 Å². The lowest BCUT2D eigenvalue weighted by Gasteiger charge is -2.11. The molecule has 0 bridgehead atoms. The predicted octanol–water partition coefficient (Wildman–Crippen LogP) is 1.69. The molecule has 1 aromatic carbocycles. The molecule has 94 valence electrons. The fraction of sp³-hybridized carbons (Fsp3) is 0.571. The SMILES string of the molecule is COCc1cccc(CNCC(O)C2CC2)c1. The van der Waals surface area contributed by atoms with Crippen molar-refractivity contribution in [2.45, 2.75) is 32.1 Å². The third-order valence-corrected chi connectivity index (χ3v) is 3.15. The summed E-state index contributed by atoms with van der Waals surface area (Å²) in [6.07, 6.45) is 2.20. The third kappa shape index (κ3) is 4.11. The van der Waals surface area contributed by atoms with E-state index < -0.39 is 0 Å². The van der Waals surface area contributed by atoms with Crippen molar-refractivity contribution in [3.05, 3.63) is 35.4 Å². The Kier molecular flexibility index (Phi) is 4.54. The lowest BCUT2D eigenvalue weighted by Crippen LogP contribution is -2.27. The molecule has 1 aliphatic rings. The minimum Gasteiger partial charge on any atom is -0.392 e. The van der Waals surface area contributed by atoms with Crippen LogP contribution < -0.4 is 5.32 Å². The van der Waals surface area contributed by atoms with Gasteiger partial charge in [-0.3, -0.25) is 0 Å². The van der Waals surface area contributed by atoms with E-state index in [9.17, 15) is 5.11 Å². The van der Waals surface area contributed by atoms with E-state index in [4.69, 9.17) is 4.74 Å². The third-order valence-electron chi connectivity index (χ3n) is 3.15. The van der Waals surface area contributed by atoms with E-state index in [1.54, 1.807) is 7.11 Å². The van der Waals surface area contributed by atoms with Crippen LogP contribution in [0.15, 0.2) is 24.3 Å². The van der Waals surface area contributed by atoms with Gasteiger partial charge in [-0.05, 0) is 29.9 Å². The van der Waals surface area contributed by atoms with E-state index in [0.717, 1.165) is 6.54 Å². The van der Waals surface area contributed by atoms with Crippen molar-refractivity contribution < 1.29 is 9.84 Å². The van der Waals surface area contributed by atoms with Crippen LogP contribution in [0.2, 0.25) is 0 Å². The van der Waals surface area contributed by atoms with Crippen molar-refractivity contribution in [2.24, 2.45) is 5.92 Å². The van der Waals surface area contributed by atoms with Crippen LogP contribution in [0, 0.1) is 5.92 Å². The van der Waals surface area contributed by atoms with Crippen molar-refractivity contribution >= 4 is 0 Å². The fourth-order valence-electron chi connectivity index (χ4n) is 2.01. The second-order valence-electron chi connectivity index (χ2n) is 4.79. The van der Waals surface area contributed by atoms with E-state index in [2.05, 4.69) is 23.5 Å². The number of ether oxygens (including phenoxy) is 1. The van der Waals surface area contributed by atoms with Crippen LogP contribution in [0.5, 0.6) is 0 Å². The average Bonchev–Trinajstić information content (AvgIpc) is 3.14. The molecule has 1 atom stereocenters. The van der Waals surface area contributed by atoms with Crippen LogP contribution in [0.1, 0.15) is 24.0 Å². The Hall–Kier alpha value is -0.900. The predicted molar refractivity (Wildman–Crippen MR) is 67.6 cm³/mol. The molecule has 0 aromatic heterocycles. The molecular weight excluding hydrogens is 214 g/mol. The van der Waals surface area contributed by atoms with Gasteiger partial charge in [-0.1, -0.05) is 24.3 Å². The maximum atomic E-state index is 9.72. The van der Waals surface area contributed by atoms with Gasteiger partial charge in [0.25, 0.3) is 0 Å². The Morgan fingerprint density at radius 1 is 1.41 bits per heavy atom. The van der Waals surface area contributed by atoms with E-state index in [1.807, 2.05) is 6.07 Å². The molecule has 3 heteroatoms. The standard InChI is InChI=1S/C14H21NO2/c1-17-10-12-4-2-3-11(7-12)8-15-9-14(16)13-5-6-13/h2-4,7,13-16H,5-6,8-10H2,1H3. The molecular formula is C14H21NO2. The highest BCUT2D eigenvalue weighted by Gasteiger charge is 2.28. The number of methoxy groups -OCH3 is 1. The molecule has 1 aliphatic carbocycles. The highest BCUT2D eigenvalue weighted by molar-refractivity contribution is 5.22. The molecule has 1 saturated carbocycles. The van der Waals surface area contributed by atoms with Crippen molar-refractivity contribution in [3.8, 4) is 0 Å². The van der Waals surface area contributed by atoms with Crippen LogP contribution in [0.4, 0.5) is 0 Å². The number of aliphatic hydroxyl groups excluding tert-OH is 1. The van der Waals surface area contributed by atoms with E-state index in [0.29, 0.717) is 19.1 Å².